The molecule has 2 rings (SSSR count). The van der Waals surface area contributed by atoms with E-state index in [1.54, 1.807) is 0 Å². The second-order valence-electron chi connectivity index (χ2n) is 3.62. The molecule has 1 saturated carbocycles. The zero-order valence-corrected chi connectivity index (χ0v) is 8.51. The number of rotatable bonds is 2. The SMILES string of the molecule is N#CCC[C@@]1(Br)[C@@H]2CCCO[C@@H]21. The molecule has 12 heavy (non-hydrogen) atoms. The van der Waals surface area contributed by atoms with Gasteiger partial charge < -0.3 is 4.74 Å². The lowest BCUT2D eigenvalue weighted by atomic mass is 10.1. The molecule has 0 radical (unpaired) electrons. The first-order valence-electron chi connectivity index (χ1n) is 4.46. The number of nitriles is 1. The molecule has 0 bridgehead atoms. The minimum Gasteiger partial charge on any atom is -0.376 e. The number of alkyl halides is 1. The molecule has 0 aromatic heterocycles. The van der Waals surface area contributed by atoms with Crippen molar-refractivity contribution in [1.82, 2.24) is 0 Å². The van der Waals surface area contributed by atoms with Crippen LogP contribution in [-0.2, 0) is 4.74 Å². The molecule has 0 spiro atoms. The molecule has 2 aliphatic rings. The van der Waals surface area contributed by atoms with E-state index in [9.17, 15) is 0 Å². The molecule has 66 valence electrons. The zero-order chi connectivity index (χ0) is 8.60. The molecule has 1 aliphatic heterocycles. The summed E-state index contributed by atoms with van der Waals surface area (Å²) in [5.41, 5.74) is 0. The summed E-state index contributed by atoms with van der Waals surface area (Å²) in [7, 11) is 0. The molecule has 2 fully saturated rings. The van der Waals surface area contributed by atoms with Crippen LogP contribution in [0, 0.1) is 17.2 Å². The number of halogens is 1. The van der Waals surface area contributed by atoms with Crippen LogP contribution in [0.25, 0.3) is 0 Å². The largest absolute Gasteiger partial charge is 0.376 e. The molecule has 0 unspecified atom stereocenters. The lowest BCUT2D eigenvalue weighted by molar-refractivity contribution is 0.0770. The van der Waals surface area contributed by atoms with Crippen LogP contribution in [0.3, 0.4) is 0 Å². The van der Waals surface area contributed by atoms with Crippen LogP contribution < -0.4 is 0 Å². The highest BCUT2D eigenvalue weighted by molar-refractivity contribution is 9.10. The summed E-state index contributed by atoms with van der Waals surface area (Å²) < 4.78 is 5.77. The van der Waals surface area contributed by atoms with Gasteiger partial charge >= 0.3 is 0 Å². The van der Waals surface area contributed by atoms with Gasteiger partial charge in [-0.1, -0.05) is 15.9 Å². The van der Waals surface area contributed by atoms with Crippen LogP contribution in [0.15, 0.2) is 0 Å². The standard InChI is InChI=1S/C9H12BrNO/c10-9(4-2-5-11)7-3-1-6-12-8(7)9/h7-8H,1-4,6H2/t7-,8+,9-/m1/s1. The molecule has 2 nitrogen and oxygen atoms in total. The zero-order valence-electron chi connectivity index (χ0n) is 6.92. The number of fused-ring (bicyclic) bond motifs is 1. The third-order valence-electron chi connectivity index (χ3n) is 2.92. The van der Waals surface area contributed by atoms with Gasteiger partial charge in [0.15, 0.2) is 0 Å². The van der Waals surface area contributed by atoms with Crippen molar-refractivity contribution >= 4 is 15.9 Å². The second-order valence-corrected chi connectivity index (χ2v) is 5.10. The van der Waals surface area contributed by atoms with E-state index in [4.69, 9.17) is 10.00 Å². The van der Waals surface area contributed by atoms with Gasteiger partial charge in [-0.05, 0) is 19.3 Å². The first-order valence-corrected chi connectivity index (χ1v) is 5.26. The topological polar surface area (TPSA) is 33.0 Å². The molecule has 1 heterocycles. The molecule has 3 heteroatoms. The predicted octanol–water partition coefficient (Wildman–Crippen LogP) is 2.23. The van der Waals surface area contributed by atoms with E-state index in [2.05, 4.69) is 22.0 Å². The number of ether oxygens (including phenoxy) is 1. The Morgan fingerprint density at radius 2 is 2.50 bits per heavy atom. The van der Waals surface area contributed by atoms with E-state index in [1.165, 1.54) is 12.8 Å². The van der Waals surface area contributed by atoms with Crippen molar-refractivity contribution in [3.05, 3.63) is 0 Å². The van der Waals surface area contributed by atoms with E-state index in [0.717, 1.165) is 13.0 Å². The molecule has 0 N–H and O–H groups in total. The van der Waals surface area contributed by atoms with Crippen LogP contribution in [0.5, 0.6) is 0 Å². The summed E-state index contributed by atoms with van der Waals surface area (Å²) in [6, 6.07) is 2.19. The normalized spacial score (nSPS) is 44.7. The lowest BCUT2D eigenvalue weighted by Crippen LogP contribution is -2.09. The van der Waals surface area contributed by atoms with Crippen molar-refractivity contribution < 1.29 is 4.74 Å². The number of nitrogens with zero attached hydrogens (tertiary/aromatic N) is 1. The van der Waals surface area contributed by atoms with Crippen LogP contribution in [0.4, 0.5) is 0 Å². The first kappa shape index (κ1) is 8.52. The van der Waals surface area contributed by atoms with E-state index >= 15 is 0 Å². The van der Waals surface area contributed by atoms with Crippen molar-refractivity contribution in [3.8, 4) is 6.07 Å². The molecule has 1 aliphatic carbocycles. The Balaban J connectivity index is 1.92. The maximum Gasteiger partial charge on any atom is 0.0774 e. The van der Waals surface area contributed by atoms with Gasteiger partial charge in [0.1, 0.15) is 0 Å². The monoisotopic (exact) mass is 229 g/mol. The maximum absolute atomic E-state index is 8.48. The quantitative estimate of drug-likeness (QED) is 0.681. The average Bonchev–Trinajstić information content (AvgIpc) is 2.71. The third-order valence-corrected chi connectivity index (χ3v) is 4.36. The Morgan fingerprint density at radius 1 is 1.67 bits per heavy atom. The van der Waals surface area contributed by atoms with Gasteiger partial charge in [-0.25, -0.2) is 0 Å². The van der Waals surface area contributed by atoms with E-state index in [0.29, 0.717) is 18.4 Å². The van der Waals surface area contributed by atoms with Crippen LogP contribution in [0.2, 0.25) is 0 Å². The summed E-state index contributed by atoms with van der Waals surface area (Å²) in [4.78, 5) is 0. The Hall–Kier alpha value is -0.0700. The fourth-order valence-electron chi connectivity index (χ4n) is 2.18. The Bertz CT molecular complexity index is 211. The summed E-state index contributed by atoms with van der Waals surface area (Å²) in [6.45, 7) is 0.904. The first-order chi connectivity index (χ1) is 5.79. The second kappa shape index (κ2) is 3.01. The van der Waals surface area contributed by atoms with Crippen molar-refractivity contribution in [2.24, 2.45) is 5.92 Å². The summed E-state index contributed by atoms with van der Waals surface area (Å²) >= 11 is 3.71. The van der Waals surface area contributed by atoms with Gasteiger partial charge in [0.25, 0.3) is 0 Å². The molecule has 3 atom stereocenters. The van der Waals surface area contributed by atoms with Gasteiger partial charge in [-0.15, -0.1) is 0 Å². The molecule has 0 aromatic carbocycles. The fourth-order valence-corrected chi connectivity index (χ4v) is 3.17. The van der Waals surface area contributed by atoms with Gasteiger partial charge in [0.05, 0.1) is 16.5 Å². The fraction of sp³-hybridized carbons (Fsp3) is 0.889. The molecular formula is C9H12BrNO. The molecule has 1 saturated heterocycles. The van der Waals surface area contributed by atoms with Gasteiger partial charge in [-0.2, -0.15) is 5.26 Å². The Kier molecular flexibility index (Phi) is 2.14. The highest BCUT2D eigenvalue weighted by atomic mass is 79.9. The summed E-state index contributed by atoms with van der Waals surface area (Å²) in [6.07, 6.45) is 4.43. The highest BCUT2D eigenvalue weighted by Crippen LogP contribution is 2.60. The third kappa shape index (κ3) is 1.18. The van der Waals surface area contributed by atoms with E-state index in [-0.39, 0.29) is 4.32 Å². The number of hydrogen-bond acceptors (Lipinski definition) is 2. The van der Waals surface area contributed by atoms with Gasteiger partial charge in [-0.3, -0.25) is 0 Å². The maximum atomic E-state index is 8.48. The van der Waals surface area contributed by atoms with Gasteiger partial charge in [0, 0.05) is 18.9 Å². The van der Waals surface area contributed by atoms with Crippen LogP contribution in [0.1, 0.15) is 25.7 Å². The van der Waals surface area contributed by atoms with Gasteiger partial charge in [0.2, 0.25) is 0 Å². The molecular weight excluding hydrogens is 218 g/mol. The minimum atomic E-state index is 0.166. The molecule has 0 amide bonds. The average molecular weight is 230 g/mol. The number of hydrogen-bond donors (Lipinski definition) is 0. The van der Waals surface area contributed by atoms with Crippen LogP contribution >= 0.6 is 15.9 Å². The van der Waals surface area contributed by atoms with Crippen molar-refractivity contribution in [1.29, 1.82) is 5.26 Å². The van der Waals surface area contributed by atoms with Crippen molar-refractivity contribution in [2.75, 3.05) is 6.61 Å². The molecule has 0 aromatic rings. The smallest absolute Gasteiger partial charge is 0.0774 e. The van der Waals surface area contributed by atoms with Crippen molar-refractivity contribution in [3.63, 3.8) is 0 Å². The summed E-state index contributed by atoms with van der Waals surface area (Å²) in [5.74, 6) is 0.680. The van der Waals surface area contributed by atoms with Crippen molar-refractivity contribution in [2.45, 2.75) is 36.1 Å². The highest BCUT2D eigenvalue weighted by Gasteiger charge is 2.64. The predicted molar refractivity (Wildman–Crippen MR) is 49.0 cm³/mol. The minimum absolute atomic E-state index is 0.166. The lowest BCUT2D eigenvalue weighted by Gasteiger charge is -2.07. The Labute approximate surface area is 81.0 Å². The summed E-state index contributed by atoms with van der Waals surface area (Å²) in [5, 5.41) is 8.48. The Morgan fingerprint density at radius 3 is 3.08 bits per heavy atom. The van der Waals surface area contributed by atoms with E-state index in [1.807, 2.05) is 0 Å². The van der Waals surface area contributed by atoms with E-state index < -0.39 is 0 Å². The van der Waals surface area contributed by atoms with Crippen LogP contribution in [-0.4, -0.2) is 17.0 Å².